The maximum atomic E-state index is 14.1. The molecule has 0 spiro atoms. The standard InChI is InChI=1S/C26H27ClF3N5O3/c1-37-21-7-6-16(12-22(21)38-2)19-14-23(26(28,29)30)35-24(31-19)15-20(32-35)25(36)34-10-8-33(9-11-34)18-5-3-4-17(27)13-18/h3-7,12-13,15,19,23,31H,8-11,14H2,1-2H3/t19-,23+/m1/s1. The van der Waals surface area contributed by atoms with Gasteiger partial charge in [-0.1, -0.05) is 23.7 Å². The van der Waals surface area contributed by atoms with Gasteiger partial charge in [-0.3, -0.25) is 4.79 Å². The summed E-state index contributed by atoms with van der Waals surface area (Å²) in [4.78, 5) is 17.0. The van der Waals surface area contributed by atoms with Gasteiger partial charge in [0, 0.05) is 49.4 Å². The zero-order valence-electron chi connectivity index (χ0n) is 20.8. The first-order valence-electron chi connectivity index (χ1n) is 12.1. The van der Waals surface area contributed by atoms with Gasteiger partial charge in [0.1, 0.15) is 5.82 Å². The minimum absolute atomic E-state index is 0.0223. The van der Waals surface area contributed by atoms with E-state index in [4.69, 9.17) is 21.1 Å². The Morgan fingerprint density at radius 1 is 1.03 bits per heavy atom. The number of carbonyl (C=O) groups excluding carboxylic acids is 1. The van der Waals surface area contributed by atoms with Gasteiger partial charge in [-0.15, -0.1) is 0 Å². The largest absolute Gasteiger partial charge is 0.493 e. The molecule has 1 fully saturated rings. The van der Waals surface area contributed by atoms with Crippen molar-refractivity contribution in [2.75, 3.05) is 50.6 Å². The average molecular weight is 550 g/mol. The van der Waals surface area contributed by atoms with Crippen molar-refractivity contribution < 1.29 is 27.4 Å². The molecule has 2 aliphatic heterocycles. The Morgan fingerprint density at radius 3 is 2.42 bits per heavy atom. The number of hydrogen-bond donors (Lipinski definition) is 1. The number of piperazine rings is 1. The van der Waals surface area contributed by atoms with Crippen molar-refractivity contribution in [2.24, 2.45) is 0 Å². The quantitative estimate of drug-likeness (QED) is 0.473. The topological polar surface area (TPSA) is 71.9 Å². The lowest BCUT2D eigenvalue weighted by molar-refractivity contribution is -0.173. The van der Waals surface area contributed by atoms with Gasteiger partial charge in [0.15, 0.2) is 23.2 Å². The molecule has 5 rings (SSSR count). The van der Waals surface area contributed by atoms with Crippen LogP contribution in [-0.4, -0.2) is 67.2 Å². The average Bonchev–Trinajstić information content (AvgIpc) is 3.35. The third kappa shape index (κ3) is 5.07. The van der Waals surface area contributed by atoms with Crippen LogP contribution in [0.3, 0.4) is 0 Å². The Labute approximate surface area is 222 Å². The van der Waals surface area contributed by atoms with Crippen molar-refractivity contribution in [3.8, 4) is 11.5 Å². The summed E-state index contributed by atoms with van der Waals surface area (Å²) in [6.45, 7) is 1.98. The molecule has 1 N–H and O–H groups in total. The van der Waals surface area contributed by atoms with Crippen molar-refractivity contribution in [1.29, 1.82) is 0 Å². The van der Waals surface area contributed by atoms with Crippen LogP contribution in [0.4, 0.5) is 24.7 Å². The fourth-order valence-electron chi connectivity index (χ4n) is 4.97. The van der Waals surface area contributed by atoms with E-state index in [0.717, 1.165) is 10.4 Å². The van der Waals surface area contributed by atoms with E-state index >= 15 is 0 Å². The number of ether oxygens (including phenoxy) is 2. The molecule has 0 radical (unpaired) electrons. The molecule has 2 aromatic carbocycles. The number of aromatic nitrogens is 2. The van der Waals surface area contributed by atoms with E-state index in [1.165, 1.54) is 20.3 Å². The van der Waals surface area contributed by atoms with E-state index in [1.807, 2.05) is 18.2 Å². The first-order chi connectivity index (χ1) is 18.2. The zero-order chi connectivity index (χ0) is 27.0. The molecule has 1 saturated heterocycles. The van der Waals surface area contributed by atoms with Crippen molar-refractivity contribution >= 4 is 29.0 Å². The van der Waals surface area contributed by atoms with Crippen LogP contribution in [0.25, 0.3) is 0 Å². The van der Waals surface area contributed by atoms with Crippen molar-refractivity contribution in [3.63, 3.8) is 0 Å². The highest BCUT2D eigenvalue weighted by atomic mass is 35.5. The van der Waals surface area contributed by atoms with E-state index in [0.29, 0.717) is 48.3 Å². The highest BCUT2D eigenvalue weighted by Gasteiger charge is 2.47. The number of anilines is 2. The van der Waals surface area contributed by atoms with E-state index in [2.05, 4.69) is 15.3 Å². The van der Waals surface area contributed by atoms with Crippen LogP contribution in [0.5, 0.6) is 11.5 Å². The lowest BCUT2D eigenvalue weighted by atomic mass is 9.96. The minimum Gasteiger partial charge on any atom is -0.493 e. The second-order valence-electron chi connectivity index (χ2n) is 9.22. The number of alkyl halides is 3. The lowest BCUT2D eigenvalue weighted by Crippen LogP contribution is -2.49. The predicted molar refractivity (Wildman–Crippen MR) is 137 cm³/mol. The molecule has 2 atom stereocenters. The van der Waals surface area contributed by atoms with Crippen LogP contribution >= 0.6 is 11.6 Å². The van der Waals surface area contributed by atoms with Gasteiger partial charge in [-0.25, -0.2) is 4.68 Å². The Morgan fingerprint density at radius 2 is 1.76 bits per heavy atom. The molecule has 202 valence electrons. The van der Waals surface area contributed by atoms with Crippen LogP contribution in [0, 0.1) is 0 Å². The maximum absolute atomic E-state index is 14.1. The van der Waals surface area contributed by atoms with Gasteiger partial charge in [-0.2, -0.15) is 18.3 Å². The van der Waals surface area contributed by atoms with Crippen molar-refractivity contribution in [3.05, 3.63) is 64.8 Å². The summed E-state index contributed by atoms with van der Waals surface area (Å²) < 4.78 is 53.8. The fourth-order valence-corrected chi connectivity index (χ4v) is 5.15. The van der Waals surface area contributed by atoms with Gasteiger partial charge < -0.3 is 24.6 Å². The molecule has 1 aromatic heterocycles. The van der Waals surface area contributed by atoms with E-state index in [9.17, 15) is 18.0 Å². The Hall–Kier alpha value is -3.60. The zero-order valence-corrected chi connectivity index (χ0v) is 21.6. The number of fused-ring (bicyclic) bond motifs is 1. The molecule has 1 amide bonds. The number of rotatable bonds is 5. The number of hydrogen-bond acceptors (Lipinski definition) is 6. The Balaban J connectivity index is 1.36. The van der Waals surface area contributed by atoms with Gasteiger partial charge in [-0.05, 0) is 35.9 Å². The molecule has 8 nitrogen and oxygen atoms in total. The molecule has 0 aliphatic carbocycles. The molecule has 0 bridgehead atoms. The number of nitrogens with zero attached hydrogens (tertiary/aromatic N) is 4. The van der Waals surface area contributed by atoms with Crippen molar-refractivity contribution in [1.82, 2.24) is 14.7 Å². The van der Waals surface area contributed by atoms with Crippen LogP contribution in [0.2, 0.25) is 5.02 Å². The number of benzene rings is 2. The summed E-state index contributed by atoms with van der Waals surface area (Å²) >= 11 is 6.10. The van der Waals surface area contributed by atoms with Crippen LogP contribution < -0.4 is 19.7 Å². The second kappa shape index (κ2) is 10.3. The number of carbonyl (C=O) groups is 1. The maximum Gasteiger partial charge on any atom is 0.410 e. The molecular formula is C26H27ClF3N5O3. The smallest absolute Gasteiger partial charge is 0.410 e. The van der Waals surface area contributed by atoms with Crippen LogP contribution in [-0.2, 0) is 0 Å². The molecule has 12 heteroatoms. The predicted octanol–water partition coefficient (Wildman–Crippen LogP) is 5.18. The summed E-state index contributed by atoms with van der Waals surface area (Å²) in [6.07, 6.45) is -4.85. The van der Waals surface area contributed by atoms with E-state index < -0.39 is 24.2 Å². The Kier molecular flexibility index (Phi) is 7.04. The summed E-state index contributed by atoms with van der Waals surface area (Å²) in [5.41, 5.74) is 1.54. The molecular weight excluding hydrogens is 523 g/mol. The number of methoxy groups -OCH3 is 2. The number of nitrogens with one attached hydrogen (secondary N) is 1. The Bertz CT molecular complexity index is 1320. The van der Waals surface area contributed by atoms with Crippen molar-refractivity contribution in [2.45, 2.75) is 24.7 Å². The first kappa shape index (κ1) is 26.0. The third-order valence-electron chi connectivity index (χ3n) is 6.96. The van der Waals surface area contributed by atoms with Crippen LogP contribution in [0.15, 0.2) is 48.5 Å². The highest BCUT2D eigenvalue weighted by molar-refractivity contribution is 6.30. The molecule has 3 aromatic rings. The summed E-state index contributed by atoms with van der Waals surface area (Å²) in [5.74, 6) is 0.636. The molecule has 0 unspecified atom stereocenters. The second-order valence-corrected chi connectivity index (χ2v) is 9.66. The van der Waals surface area contributed by atoms with Gasteiger partial charge in [0.25, 0.3) is 5.91 Å². The minimum atomic E-state index is -4.55. The van der Waals surface area contributed by atoms with Gasteiger partial charge >= 0.3 is 6.18 Å². The SMILES string of the molecule is COc1ccc([C@H]2C[C@@H](C(F)(F)F)n3nc(C(=O)N4CCN(c5cccc(Cl)c5)CC4)cc3N2)cc1OC. The molecule has 38 heavy (non-hydrogen) atoms. The fraction of sp³-hybridized carbons (Fsp3) is 0.385. The number of amides is 1. The highest BCUT2D eigenvalue weighted by Crippen LogP contribution is 2.44. The first-order valence-corrected chi connectivity index (χ1v) is 12.5. The monoisotopic (exact) mass is 549 g/mol. The lowest BCUT2D eigenvalue weighted by Gasteiger charge is -2.35. The summed E-state index contributed by atoms with van der Waals surface area (Å²) in [6, 6.07) is 11.3. The third-order valence-corrected chi connectivity index (χ3v) is 7.19. The molecule has 0 saturated carbocycles. The van der Waals surface area contributed by atoms with Crippen LogP contribution in [0.1, 0.15) is 34.6 Å². The van der Waals surface area contributed by atoms with Gasteiger partial charge in [0.05, 0.1) is 20.3 Å². The normalized spacial score (nSPS) is 19.5. The van der Waals surface area contributed by atoms with Gasteiger partial charge in [0.2, 0.25) is 0 Å². The number of halogens is 4. The summed E-state index contributed by atoms with van der Waals surface area (Å²) in [5, 5.41) is 7.88. The molecule has 2 aliphatic rings. The summed E-state index contributed by atoms with van der Waals surface area (Å²) in [7, 11) is 2.96. The molecule has 3 heterocycles. The van der Waals surface area contributed by atoms with E-state index in [-0.39, 0.29) is 17.9 Å². The van der Waals surface area contributed by atoms with E-state index in [1.54, 1.807) is 29.2 Å².